The van der Waals surface area contributed by atoms with Gasteiger partial charge in [0.05, 0.1) is 29.2 Å². The SMILES string of the molecule is Cc1nn(-c2ccccc2)c(CN2C(=O)N[C@@]3(CCCC[C@H]3C)C2=O)c1C#N. The third-order valence-electron chi connectivity index (χ3n) is 6.08. The van der Waals surface area contributed by atoms with Crippen LogP contribution in [0.3, 0.4) is 0 Å². The van der Waals surface area contributed by atoms with Gasteiger partial charge in [0.15, 0.2) is 0 Å². The van der Waals surface area contributed by atoms with Crippen LogP contribution in [0.25, 0.3) is 5.69 Å². The van der Waals surface area contributed by atoms with Crippen LogP contribution in [-0.4, -0.2) is 32.2 Å². The molecular formula is C21H23N5O2. The van der Waals surface area contributed by atoms with Crippen molar-refractivity contribution < 1.29 is 9.59 Å². The smallest absolute Gasteiger partial charge is 0.323 e. The molecule has 2 atom stereocenters. The number of nitrogens with one attached hydrogen (secondary N) is 1. The number of imide groups is 1. The standard InChI is InChI=1S/C21H23N5O2/c1-14-8-6-7-11-21(14)19(27)25(20(28)23-21)13-18-17(12-22)15(2)24-26(18)16-9-4-3-5-10-16/h3-5,9-10,14H,6-8,11,13H2,1-2H3,(H,23,28)/t14-,21-/m1/s1. The normalized spacial score (nSPS) is 24.5. The van der Waals surface area contributed by atoms with Crippen molar-refractivity contribution in [2.45, 2.75) is 51.6 Å². The molecule has 2 fully saturated rings. The molecule has 1 aromatic heterocycles. The van der Waals surface area contributed by atoms with Gasteiger partial charge in [0.25, 0.3) is 5.91 Å². The summed E-state index contributed by atoms with van der Waals surface area (Å²) in [6.45, 7) is 3.82. The minimum Gasteiger partial charge on any atom is -0.323 e. The Bertz CT molecular complexity index is 975. The number of rotatable bonds is 3. The molecule has 2 aromatic rings. The largest absolute Gasteiger partial charge is 0.325 e. The van der Waals surface area contributed by atoms with Crippen molar-refractivity contribution in [3.05, 3.63) is 47.3 Å². The van der Waals surface area contributed by atoms with Gasteiger partial charge in [-0.3, -0.25) is 9.69 Å². The first-order valence-corrected chi connectivity index (χ1v) is 9.66. The lowest BCUT2D eigenvalue weighted by Gasteiger charge is -2.36. The molecule has 144 valence electrons. The van der Waals surface area contributed by atoms with Crippen molar-refractivity contribution in [2.24, 2.45) is 5.92 Å². The molecule has 1 spiro atoms. The maximum Gasteiger partial charge on any atom is 0.325 e. The Balaban J connectivity index is 1.73. The van der Waals surface area contributed by atoms with Gasteiger partial charge in [-0.15, -0.1) is 0 Å². The summed E-state index contributed by atoms with van der Waals surface area (Å²) < 4.78 is 1.66. The topological polar surface area (TPSA) is 91.0 Å². The minimum absolute atomic E-state index is 0.0256. The molecule has 1 saturated carbocycles. The van der Waals surface area contributed by atoms with Crippen LogP contribution in [0.2, 0.25) is 0 Å². The van der Waals surface area contributed by atoms with E-state index < -0.39 is 5.54 Å². The highest BCUT2D eigenvalue weighted by atomic mass is 16.2. The molecular weight excluding hydrogens is 354 g/mol. The second-order valence-electron chi connectivity index (χ2n) is 7.71. The van der Waals surface area contributed by atoms with Gasteiger partial charge in [-0.25, -0.2) is 9.48 Å². The molecule has 28 heavy (non-hydrogen) atoms. The van der Waals surface area contributed by atoms with Gasteiger partial charge in [-0.2, -0.15) is 10.4 Å². The van der Waals surface area contributed by atoms with Gasteiger partial charge in [0.2, 0.25) is 0 Å². The van der Waals surface area contributed by atoms with Gasteiger partial charge in [0, 0.05) is 0 Å². The zero-order chi connectivity index (χ0) is 19.9. The Kier molecular flexibility index (Phi) is 4.42. The first-order chi connectivity index (χ1) is 13.5. The highest BCUT2D eigenvalue weighted by molar-refractivity contribution is 6.07. The van der Waals surface area contributed by atoms with Crippen LogP contribution < -0.4 is 5.32 Å². The highest BCUT2D eigenvalue weighted by Gasteiger charge is 2.55. The molecule has 1 aliphatic heterocycles. The molecule has 4 rings (SSSR count). The molecule has 2 heterocycles. The highest BCUT2D eigenvalue weighted by Crippen LogP contribution is 2.38. The number of benzene rings is 1. The van der Waals surface area contributed by atoms with E-state index in [-0.39, 0.29) is 24.4 Å². The number of para-hydroxylation sites is 1. The number of nitriles is 1. The predicted molar refractivity (Wildman–Crippen MR) is 102 cm³/mol. The number of hydrogen-bond acceptors (Lipinski definition) is 4. The van der Waals surface area contributed by atoms with Crippen LogP contribution in [0, 0.1) is 24.2 Å². The molecule has 7 heteroatoms. The summed E-state index contributed by atoms with van der Waals surface area (Å²) >= 11 is 0. The molecule has 3 amide bonds. The van der Waals surface area contributed by atoms with Crippen molar-refractivity contribution in [2.75, 3.05) is 0 Å². The quantitative estimate of drug-likeness (QED) is 0.832. The molecule has 0 unspecified atom stereocenters. The van der Waals surface area contributed by atoms with Gasteiger partial charge in [-0.05, 0) is 37.8 Å². The molecule has 0 radical (unpaired) electrons. The molecule has 2 aliphatic rings. The number of carbonyl (C=O) groups is 2. The van der Waals surface area contributed by atoms with Gasteiger partial charge in [-0.1, -0.05) is 38.0 Å². The number of amides is 3. The van der Waals surface area contributed by atoms with Crippen LogP contribution in [0.5, 0.6) is 0 Å². The first-order valence-electron chi connectivity index (χ1n) is 9.66. The molecule has 0 bridgehead atoms. The summed E-state index contributed by atoms with van der Waals surface area (Å²) in [7, 11) is 0. The fourth-order valence-corrected chi connectivity index (χ4v) is 4.44. The van der Waals surface area contributed by atoms with Crippen LogP contribution in [0.15, 0.2) is 30.3 Å². The van der Waals surface area contributed by atoms with Crippen molar-refractivity contribution in [3.8, 4) is 11.8 Å². The summed E-state index contributed by atoms with van der Waals surface area (Å²) in [6, 6.07) is 11.2. The van der Waals surface area contributed by atoms with E-state index in [1.54, 1.807) is 11.6 Å². The number of hydrogen-bond donors (Lipinski definition) is 1. The average molecular weight is 377 g/mol. The monoisotopic (exact) mass is 377 g/mol. The van der Waals surface area contributed by atoms with Crippen LogP contribution in [0.1, 0.15) is 49.6 Å². The van der Waals surface area contributed by atoms with Crippen molar-refractivity contribution >= 4 is 11.9 Å². The van der Waals surface area contributed by atoms with Gasteiger partial charge < -0.3 is 5.32 Å². The molecule has 1 saturated heterocycles. The Labute approximate surface area is 163 Å². The number of urea groups is 1. The summed E-state index contributed by atoms with van der Waals surface area (Å²) in [6.07, 6.45) is 3.58. The second kappa shape index (κ2) is 6.79. The lowest BCUT2D eigenvalue weighted by atomic mass is 9.73. The number of carbonyl (C=O) groups excluding carboxylic acids is 2. The van der Waals surface area contributed by atoms with Crippen molar-refractivity contribution in [1.82, 2.24) is 20.0 Å². The number of aryl methyl sites for hydroxylation is 1. The van der Waals surface area contributed by atoms with Crippen molar-refractivity contribution in [3.63, 3.8) is 0 Å². The van der Waals surface area contributed by atoms with Gasteiger partial charge in [0.1, 0.15) is 11.6 Å². The van der Waals surface area contributed by atoms with Gasteiger partial charge >= 0.3 is 6.03 Å². The molecule has 1 aliphatic carbocycles. The maximum atomic E-state index is 13.3. The Morgan fingerprint density at radius 3 is 2.71 bits per heavy atom. The Morgan fingerprint density at radius 2 is 2.04 bits per heavy atom. The zero-order valence-electron chi connectivity index (χ0n) is 16.1. The van der Waals surface area contributed by atoms with E-state index in [4.69, 9.17) is 0 Å². The zero-order valence-corrected chi connectivity index (χ0v) is 16.1. The van der Waals surface area contributed by atoms with E-state index in [0.29, 0.717) is 23.4 Å². The van der Waals surface area contributed by atoms with Crippen LogP contribution in [-0.2, 0) is 11.3 Å². The van der Waals surface area contributed by atoms with E-state index in [1.807, 2.05) is 37.3 Å². The Hall–Kier alpha value is -3.14. The molecule has 1 aromatic carbocycles. The summed E-state index contributed by atoms with van der Waals surface area (Å²) in [5, 5.41) is 17.1. The Morgan fingerprint density at radius 1 is 1.29 bits per heavy atom. The second-order valence-corrected chi connectivity index (χ2v) is 7.71. The third-order valence-corrected chi connectivity index (χ3v) is 6.08. The molecule has 7 nitrogen and oxygen atoms in total. The summed E-state index contributed by atoms with van der Waals surface area (Å²) in [5.41, 5.74) is 1.51. The van der Waals surface area contributed by atoms with Crippen molar-refractivity contribution in [1.29, 1.82) is 5.26 Å². The van der Waals surface area contributed by atoms with E-state index in [2.05, 4.69) is 16.5 Å². The first kappa shape index (κ1) is 18.2. The van der Waals surface area contributed by atoms with E-state index >= 15 is 0 Å². The van der Waals surface area contributed by atoms with E-state index in [0.717, 1.165) is 24.9 Å². The predicted octanol–water partition coefficient (Wildman–Crippen LogP) is 3.05. The lowest BCUT2D eigenvalue weighted by molar-refractivity contribution is -0.134. The van der Waals surface area contributed by atoms with Crippen LogP contribution in [0.4, 0.5) is 4.79 Å². The van der Waals surface area contributed by atoms with E-state index in [1.165, 1.54) is 4.90 Å². The van der Waals surface area contributed by atoms with Crippen LogP contribution >= 0.6 is 0 Å². The number of nitrogens with zero attached hydrogens (tertiary/aromatic N) is 4. The average Bonchev–Trinajstić information content (AvgIpc) is 3.14. The fraction of sp³-hybridized carbons (Fsp3) is 0.429. The maximum absolute atomic E-state index is 13.3. The molecule has 1 N–H and O–H groups in total. The summed E-state index contributed by atoms with van der Waals surface area (Å²) in [5.74, 6) is -0.0917. The summed E-state index contributed by atoms with van der Waals surface area (Å²) in [4.78, 5) is 27.3. The number of aromatic nitrogens is 2. The third kappa shape index (κ3) is 2.68. The minimum atomic E-state index is -0.811. The lowest BCUT2D eigenvalue weighted by Crippen LogP contribution is -2.53. The fourth-order valence-electron chi connectivity index (χ4n) is 4.44. The van der Waals surface area contributed by atoms with E-state index in [9.17, 15) is 14.9 Å².